The van der Waals surface area contributed by atoms with Crippen LogP contribution in [-0.4, -0.2) is 11.6 Å². The fourth-order valence-electron chi connectivity index (χ4n) is 1.99. The van der Waals surface area contributed by atoms with E-state index in [0.29, 0.717) is 29.8 Å². The van der Waals surface area contributed by atoms with Gasteiger partial charge in [-0.2, -0.15) is 5.10 Å². The lowest BCUT2D eigenvalue weighted by molar-refractivity contribution is 0.0959. The highest BCUT2D eigenvalue weighted by molar-refractivity contribution is 7.21. The molecule has 0 saturated heterocycles. The molecule has 0 aliphatic rings. The average molecular weight is 404 g/mol. The molecule has 0 spiro atoms. The van der Waals surface area contributed by atoms with Gasteiger partial charge in [-0.05, 0) is 19.1 Å². The first kappa shape index (κ1) is 16.7. The van der Waals surface area contributed by atoms with Gasteiger partial charge in [0.1, 0.15) is 9.21 Å². The third-order valence-electron chi connectivity index (χ3n) is 3.11. The van der Waals surface area contributed by atoms with Gasteiger partial charge in [-0.1, -0.05) is 53.0 Å². The molecule has 1 N–H and O–H groups in total. The number of fused-ring (bicyclic) bond motifs is 1. The van der Waals surface area contributed by atoms with Crippen LogP contribution in [-0.2, 0) is 0 Å². The van der Waals surface area contributed by atoms with Gasteiger partial charge < -0.3 is 0 Å². The minimum Gasteiger partial charge on any atom is -0.266 e. The third kappa shape index (κ3) is 3.39. The molecule has 0 fully saturated rings. The number of carbonyl (C=O) groups is 1. The van der Waals surface area contributed by atoms with Crippen LogP contribution in [0.5, 0.6) is 0 Å². The number of hydrogen-bond donors (Lipinski definition) is 1. The number of thiophene rings is 2. The maximum absolute atomic E-state index is 12.3. The summed E-state index contributed by atoms with van der Waals surface area (Å²) in [6.45, 7) is 1.75. The molecular weight excluding hydrogens is 395 g/mol. The van der Waals surface area contributed by atoms with E-state index >= 15 is 0 Å². The standard InChI is InChI=1S/C15H9Cl3N2OS2/c1-7(9-6-11(16)23-14(9)18)19-20-15(21)13-12(17)8-4-2-3-5-10(8)22-13/h2-6H,1H3,(H,20,21)/b19-7+. The molecule has 0 unspecified atom stereocenters. The quantitative estimate of drug-likeness (QED) is 0.418. The molecule has 0 radical (unpaired) electrons. The van der Waals surface area contributed by atoms with Gasteiger partial charge in [0.2, 0.25) is 0 Å². The van der Waals surface area contributed by atoms with E-state index in [0.717, 1.165) is 10.1 Å². The summed E-state index contributed by atoms with van der Waals surface area (Å²) < 4.78 is 2.06. The first-order valence-electron chi connectivity index (χ1n) is 6.44. The van der Waals surface area contributed by atoms with E-state index in [1.807, 2.05) is 24.3 Å². The van der Waals surface area contributed by atoms with Crippen molar-refractivity contribution in [2.75, 3.05) is 0 Å². The van der Waals surface area contributed by atoms with Crippen molar-refractivity contribution in [3.63, 3.8) is 0 Å². The minimum atomic E-state index is -0.354. The van der Waals surface area contributed by atoms with Crippen LogP contribution in [0.3, 0.4) is 0 Å². The Morgan fingerprint density at radius 2 is 1.91 bits per heavy atom. The van der Waals surface area contributed by atoms with Crippen molar-refractivity contribution >= 4 is 79.2 Å². The molecule has 0 bridgehead atoms. The molecule has 1 aromatic carbocycles. The van der Waals surface area contributed by atoms with Crippen molar-refractivity contribution in [2.45, 2.75) is 6.92 Å². The van der Waals surface area contributed by atoms with Gasteiger partial charge in [-0.15, -0.1) is 22.7 Å². The van der Waals surface area contributed by atoms with Crippen molar-refractivity contribution in [1.29, 1.82) is 0 Å². The molecule has 8 heteroatoms. The Kier molecular flexibility index (Phi) is 4.94. The average Bonchev–Trinajstić information content (AvgIpc) is 3.05. The Morgan fingerprint density at radius 3 is 2.57 bits per heavy atom. The SMILES string of the molecule is C/C(=N\NC(=O)c1sc2ccccc2c1Cl)c1cc(Cl)sc1Cl. The molecular formula is C15H9Cl3N2OS2. The lowest BCUT2D eigenvalue weighted by Crippen LogP contribution is -2.18. The molecule has 2 aromatic heterocycles. The zero-order valence-electron chi connectivity index (χ0n) is 11.7. The van der Waals surface area contributed by atoms with Crippen LogP contribution in [0.2, 0.25) is 13.7 Å². The van der Waals surface area contributed by atoms with Gasteiger partial charge >= 0.3 is 0 Å². The number of nitrogens with zero attached hydrogens (tertiary/aromatic N) is 1. The maximum atomic E-state index is 12.3. The summed E-state index contributed by atoms with van der Waals surface area (Å²) in [4.78, 5) is 12.7. The summed E-state index contributed by atoms with van der Waals surface area (Å²) in [6, 6.07) is 9.30. The summed E-state index contributed by atoms with van der Waals surface area (Å²) in [7, 11) is 0. The van der Waals surface area contributed by atoms with Gasteiger partial charge in [0.05, 0.1) is 15.1 Å². The predicted molar refractivity (Wildman–Crippen MR) is 101 cm³/mol. The molecule has 3 aromatic rings. The highest BCUT2D eigenvalue weighted by atomic mass is 35.5. The van der Waals surface area contributed by atoms with E-state index in [9.17, 15) is 4.79 Å². The molecule has 1 amide bonds. The van der Waals surface area contributed by atoms with Crippen molar-refractivity contribution in [3.05, 3.63) is 54.5 Å². The number of amides is 1. The second-order valence-electron chi connectivity index (χ2n) is 4.62. The van der Waals surface area contributed by atoms with Gasteiger partial charge in [-0.3, -0.25) is 4.79 Å². The molecule has 0 saturated carbocycles. The van der Waals surface area contributed by atoms with Crippen LogP contribution >= 0.6 is 57.5 Å². The summed E-state index contributed by atoms with van der Waals surface area (Å²) in [5.74, 6) is -0.354. The second kappa shape index (κ2) is 6.79. The van der Waals surface area contributed by atoms with Crippen molar-refractivity contribution in [2.24, 2.45) is 5.10 Å². The van der Waals surface area contributed by atoms with Crippen LogP contribution in [0.4, 0.5) is 0 Å². The molecule has 2 heterocycles. The Morgan fingerprint density at radius 1 is 1.17 bits per heavy atom. The number of nitrogens with one attached hydrogen (secondary N) is 1. The Hall–Kier alpha value is -1.11. The fraction of sp³-hybridized carbons (Fsp3) is 0.0667. The van der Waals surface area contributed by atoms with E-state index in [1.54, 1.807) is 13.0 Å². The zero-order valence-corrected chi connectivity index (χ0v) is 15.6. The summed E-state index contributed by atoms with van der Waals surface area (Å²) in [5, 5.41) is 5.38. The van der Waals surface area contributed by atoms with Crippen molar-refractivity contribution in [3.8, 4) is 0 Å². The van der Waals surface area contributed by atoms with Crippen LogP contribution in [0, 0.1) is 0 Å². The molecule has 23 heavy (non-hydrogen) atoms. The van der Waals surface area contributed by atoms with Crippen LogP contribution in [0.25, 0.3) is 10.1 Å². The number of halogens is 3. The third-order valence-corrected chi connectivity index (χ3v) is 6.27. The normalized spacial score (nSPS) is 11.9. The molecule has 3 nitrogen and oxygen atoms in total. The van der Waals surface area contributed by atoms with Crippen molar-refractivity contribution < 1.29 is 4.79 Å². The number of hydrazone groups is 1. The van der Waals surface area contributed by atoms with Crippen LogP contribution in [0.1, 0.15) is 22.2 Å². The van der Waals surface area contributed by atoms with E-state index < -0.39 is 0 Å². The molecule has 118 valence electrons. The predicted octanol–water partition coefficient (Wildman–Crippen LogP) is 6.08. The molecule has 3 rings (SSSR count). The Labute approximate surface area is 155 Å². The molecule has 0 aliphatic heterocycles. The van der Waals surface area contributed by atoms with E-state index in [1.165, 1.54) is 22.7 Å². The second-order valence-corrected chi connectivity index (χ2v) is 8.33. The number of benzene rings is 1. The van der Waals surface area contributed by atoms with E-state index in [-0.39, 0.29) is 5.91 Å². The smallest absolute Gasteiger partial charge is 0.266 e. The maximum Gasteiger partial charge on any atom is 0.283 e. The van der Waals surface area contributed by atoms with Crippen LogP contribution < -0.4 is 5.43 Å². The molecule has 0 atom stereocenters. The minimum absolute atomic E-state index is 0.354. The first-order valence-corrected chi connectivity index (χ1v) is 9.21. The Balaban J connectivity index is 1.85. The topological polar surface area (TPSA) is 41.5 Å². The molecule has 0 aliphatic carbocycles. The number of hydrogen-bond acceptors (Lipinski definition) is 4. The summed E-state index contributed by atoms with van der Waals surface area (Å²) >= 11 is 20.8. The summed E-state index contributed by atoms with van der Waals surface area (Å²) in [6.07, 6.45) is 0. The highest BCUT2D eigenvalue weighted by Crippen LogP contribution is 2.35. The first-order chi connectivity index (χ1) is 11.0. The van der Waals surface area contributed by atoms with Gasteiger partial charge in [0, 0.05) is 15.6 Å². The van der Waals surface area contributed by atoms with Crippen molar-refractivity contribution in [1.82, 2.24) is 5.43 Å². The summed E-state index contributed by atoms with van der Waals surface area (Å²) in [5.41, 5.74) is 3.78. The highest BCUT2D eigenvalue weighted by Gasteiger charge is 2.17. The van der Waals surface area contributed by atoms with Gasteiger partial charge in [0.25, 0.3) is 5.91 Å². The van der Waals surface area contributed by atoms with Gasteiger partial charge in [0.15, 0.2) is 0 Å². The number of rotatable bonds is 3. The largest absolute Gasteiger partial charge is 0.283 e. The van der Waals surface area contributed by atoms with E-state index in [2.05, 4.69) is 10.5 Å². The van der Waals surface area contributed by atoms with Crippen LogP contribution in [0.15, 0.2) is 35.4 Å². The van der Waals surface area contributed by atoms with E-state index in [4.69, 9.17) is 34.8 Å². The fourth-order valence-corrected chi connectivity index (χ4v) is 4.96. The zero-order chi connectivity index (χ0) is 16.6. The monoisotopic (exact) mass is 402 g/mol. The lowest BCUT2D eigenvalue weighted by atomic mass is 10.2. The lowest BCUT2D eigenvalue weighted by Gasteiger charge is -2.01. The Bertz CT molecular complexity index is 930. The number of carbonyl (C=O) groups excluding carboxylic acids is 1. The van der Waals surface area contributed by atoms with Gasteiger partial charge in [-0.25, -0.2) is 5.43 Å².